The number of amides is 2. The molecule has 118 valence electrons. The van der Waals surface area contributed by atoms with Gasteiger partial charge in [-0.1, -0.05) is 41.9 Å². The maximum Gasteiger partial charge on any atom is 0.239 e. The number of nitrogens with zero attached hydrogens (tertiary/aromatic N) is 1. The van der Waals surface area contributed by atoms with E-state index in [1.807, 2.05) is 42.5 Å². The molecule has 4 nitrogen and oxygen atoms in total. The summed E-state index contributed by atoms with van der Waals surface area (Å²) in [7, 11) is 0. The van der Waals surface area contributed by atoms with Crippen molar-refractivity contribution in [3.05, 3.63) is 65.2 Å². The van der Waals surface area contributed by atoms with Crippen molar-refractivity contribution in [1.29, 1.82) is 0 Å². The van der Waals surface area contributed by atoms with Crippen molar-refractivity contribution in [2.45, 2.75) is 13.0 Å². The van der Waals surface area contributed by atoms with Crippen LogP contribution in [-0.4, -0.2) is 18.4 Å². The highest BCUT2D eigenvalue weighted by Gasteiger charge is 2.37. The van der Waals surface area contributed by atoms with Gasteiger partial charge in [0.2, 0.25) is 11.8 Å². The minimum absolute atomic E-state index is 0.134. The maximum atomic E-state index is 12.5. The average molecular weight is 329 g/mol. The van der Waals surface area contributed by atoms with Crippen molar-refractivity contribution in [2.24, 2.45) is 5.92 Å². The van der Waals surface area contributed by atoms with E-state index in [9.17, 15) is 9.59 Å². The Morgan fingerprint density at radius 2 is 1.83 bits per heavy atom. The summed E-state index contributed by atoms with van der Waals surface area (Å²) < 4.78 is 0. The fourth-order valence-electron chi connectivity index (χ4n) is 2.70. The molecule has 1 heterocycles. The third kappa shape index (κ3) is 3.54. The summed E-state index contributed by atoms with van der Waals surface area (Å²) in [6, 6.07) is 16.7. The Bertz CT molecular complexity index is 701. The van der Waals surface area contributed by atoms with Crippen LogP contribution in [0.4, 0.5) is 5.69 Å². The number of rotatable bonds is 4. The van der Waals surface area contributed by atoms with E-state index in [0.29, 0.717) is 24.5 Å². The number of anilines is 1. The van der Waals surface area contributed by atoms with E-state index in [1.165, 1.54) is 0 Å². The quantitative estimate of drug-likeness (QED) is 0.877. The third-order valence-corrected chi connectivity index (χ3v) is 4.22. The zero-order valence-electron chi connectivity index (χ0n) is 12.5. The molecule has 1 atom stereocenters. The zero-order chi connectivity index (χ0) is 16.2. The molecule has 1 saturated heterocycles. The number of para-hydroxylation sites is 1. The van der Waals surface area contributed by atoms with Crippen LogP contribution in [0.3, 0.4) is 0 Å². The summed E-state index contributed by atoms with van der Waals surface area (Å²) in [5.74, 6) is -0.962. The van der Waals surface area contributed by atoms with Crippen molar-refractivity contribution in [1.82, 2.24) is 5.32 Å². The van der Waals surface area contributed by atoms with E-state index in [4.69, 9.17) is 11.6 Å². The Morgan fingerprint density at radius 1 is 1.13 bits per heavy atom. The highest BCUT2D eigenvalue weighted by atomic mass is 35.5. The minimum Gasteiger partial charge on any atom is -0.351 e. The Kier molecular flexibility index (Phi) is 4.63. The van der Waals surface area contributed by atoms with Crippen molar-refractivity contribution in [3.63, 3.8) is 0 Å². The number of carbonyl (C=O) groups excluding carboxylic acids is 2. The molecule has 0 spiro atoms. The molecule has 1 aliphatic heterocycles. The summed E-state index contributed by atoms with van der Waals surface area (Å²) in [5, 5.41) is 3.49. The van der Waals surface area contributed by atoms with Crippen LogP contribution in [0.25, 0.3) is 0 Å². The highest BCUT2D eigenvalue weighted by Crippen LogP contribution is 2.25. The Balaban J connectivity index is 1.60. The van der Waals surface area contributed by atoms with E-state index in [1.54, 1.807) is 17.0 Å². The molecule has 0 radical (unpaired) electrons. The van der Waals surface area contributed by atoms with E-state index in [-0.39, 0.29) is 11.8 Å². The largest absolute Gasteiger partial charge is 0.351 e. The lowest BCUT2D eigenvalue weighted by atomic mass is 10.1. The number of benzene rings is 2. The fraction of sp³-hybridized carbons (Fsp3) is 0.222. The van der Waals surface area contributed by atoms with Gasteiger partial charge in [0.05, 0.1) is 0 Å². The van der Waals surface area contributed by atoms with Crippen molar-refractivity contribution in [2.75, 3.05) is 11.4 Å². The molecule has 0 aromatic heterocycles. The lowest BCUT2D eigenvalue weighted by molar-refractivity contribution is -0.132. The molecular weight excluding hydrogens is 312 g/mol. The summed E-state index contributed by atoms with van der Waals surface area (Å²) >= 11 is 5.83. The van der Waals surface area contributed by atoms with Gasteiger partial charge in [0, 0.05) is 23.8 Å². The van der Waals surface area contributed by atoms with Gasteiger partial charge in [-0.25, -0.2) is 0 Å². The van der Waals surface area contributed by atoms with Gasteiger partial charge in [-0.2, -0.15) is 0 Å². The summed E-state index contributed by atoms with van der Waals surface area (Å²) in [6.45, 7) is 0.965. The molecule has 2 aromatic rings. The van der Waals surface area contributed by atoms with E-state index >= 15 is 0 Å². The van der Waals surface area contributed by atoms with Crippen LogP contribution < -0.4 is 10.2 Å². The lowest BCUT2D eigenvalue weighted by Gasteiger charge is -2.16. The predicted octanol–water partition coefficient (Wildman–Crippen LogP) is 3.01. The topological polar surface area (TPSA) is 49.4 Å². The van der Waals surface area contributed by atoms with Gasteiger partial charge in [0.15, 0.2) is 0 Å². The molecule has 1 N–H and O–H groups in total. The third-order valence-electron chi connectivity index (χ3n) is 3.97. The molecule has 1 fully saturated rings. The molecule has 5 heteroatoms. The van der Waals surface area contributed by atoms with Crippen LogP contribution in [0.2, 0.25) is 5.02 Å². The minimum atomic E-state index is -0.609. The predicted molar refractivity (Wildman–Crippen MR) is 90.2 cm³/mol. The van der Waals surface area contributed by atoms with Crippen LogP contribution >= 0.6 is 11.6 Å². The Hall–Kier alpha value is -2.33. The monoisotopic (exact) mass is 328 g/mol. The van der Waals surface area contributed by atoms with Gasteiger partial charge in [-0.15, -0.1) is 0 Å². The zero-order valence-corrected chi connectivity index (χ0v) is 13.3. The average Bonchev–Trinajstić information content (AvgIpc) is 2.96. The molecule has 3 rings (SSSR count). The standard InChI is InChI=1S/C18H17ClN2O2/c19-14-8-6-13(7-9-14)12-20-17(22)16-10-11-21(18(16)23)15-4-2-1-3-5-15/h1-9,16H,10-12H2,(H,20,22)/t16-/m0/s1. The molecule has 1 aliphatic rings. The second-order valence-corrected chi connectivity index (χ2v) is 5.95. The molecule has 0 saturated carbocycles. The second-order valence-electron chi connectivity index (χ2n) is 5.51. The maximum absolute atomic E-state index is 12.5. The van der Waals surface area contributed by atoms with Crippen LogP contribution in [-0.2, 0) is 16.1 Å². The molecular formula is C18H17ClN2O2. The first-order valence-corrected chi connectivity index (χ1v) is 7.91. The van der Waals surface area contributed by atoms with Crippen molar-refractivity contribution < 1.29 is 9.59 Å². The number of carbonyl (C=O) groups is 2. The van der Waals surface area contributed by atoms with Gasteiger partial charge < -0.3 is 10.2 Å². The van der Waals surface area contributed by atoms with Gasteiger partial charge in [-0.3, -0.25) is 9.59 Å². The molecule has 0 aliphatic carbocycles. The van der Waals surface area contributed by atoms with Gasteiger partial charge >= 0.3 is 0 Å². The first-order chi connectivity index (χ1) is 11.1. The number of hydrogen-bond acceptors (Lipinski definition) is 2. The summed E-state index contributed by atoms with van der Waals surface area (Å²) in [6.07, 6.45) is 0.542. The van der Waals surface area contributed by atoms with Crippen LogP contribution in [0, 0.1) is 5.92 Å². The van der Waals surface area contributed by atoms with Gasteiger partial charge in [-0.05, 0) is 36.2 Å². The summed E-state index contributed by atoms with van der Waals surface area (Å²) in [4.78, 5) is 26.4. The second kappa shape index (κ2) is 6.84. The van der Waals surface area contributed by atoms with Crippen molar-refractivity contribution >= 4 is 29.1 Å². The molecule has 0 bridgehead atoms. The van der Waals surface area contributed by atoms with Gasteiger partial charge in [0.1, 0.15) is 5.92 Å². The van der Waals surface area contributed by atoms with E-state index in [0.717, 1.165) is 11.3 Å². The Labute approximate surface area is 140 Å². The number of halogens is 1. The van der Waals surface area contributed by atoms with Crippen LogP contribution in [0.5, 0.6) is 0 Å². The highest BCUT2D eigenvalue weighted by molar-refractivity contribution is 6.30. The normalized spacial score (nSPS) is 17.3. The molecule has 2 aromatic carbocycles. The summed E-state index contributed by atoms with van der Waals surface area (Å²) in [5.41, 5.74) is 1.79. The number of hydrogen-bond donors (Lipinski definition) is 1. The van der Waals surface area contributed by atoms with Gasteiger partial charge in [0.25, 0.3) is 0 Å². The van der Waals surface area contributed by atoms with E-state index < -0.39 is 5.92 Å². The molecule has 2 amide bonds. The number of nitrogens with one attached hydrogen (secondary N) is 1. The lowest BCUT2D eigenvalue weighted by Crippen LogP contribution is -2.36. The van der Waals surface area contributed by atoms with Crippen molar-refractivity contribution in [3.8, 4) is 0 Å². The first-order valence-electron chi connectivity index (χ1n) is 7.54. The van der Waals surface area contributed by atoms with E-state index in [2.05, 4.69) is 5.32 Å². The molecule has 23 heavy (non-hydrogen) atoms. The Morgan fingerprint density at radius 3 is 2.52 bits per heavy atom. The van der Waals surface area contributed by atoms with Crippen LogP contribution in [0.1, 0.15) is 12.0 Å². The smallest absolute Gasteiger partial charge is 0.239 e. The van der Waals surface area contributed by atoms with Crippen LogP contribution in [0.15, 0.2) is 54.6 Å². The first kappa shape index (κ1) is 15.6. The molecule has 0 unspecified atom stereocenters. The fourth-order valence-corrected chi connectivity index (χ4v) is 2.83. The SMILES string of the molecule is O=C(NCc1ccc(Cl)cc1)[C@@H]1CCN(c2ccccc2)C1=O.